The number of urea groups is 1. The van der Waals surface area contributed by atoms with Crippen LogP contribution in [0, 0.1) is 0 Å². The largest absolute Gasteiger partial charge is 0.379 e. The zero-order valence-electron chi connectivity index (χ0n) is 14.1. The number of unbranched alkanes of at least 4 members (excludes halogenated alkanes) is 1. The molecule has 0 spiro atoms. The van der Waals surface area contributed by atoms with E-state index in [-0.39, 0.29) is 18.0 Å². The van der Waals surface area contributed by atoms with Crippen molar-refractivity contribution in [3.8, 4) is 0 Å². The molecular formula is C16H31N5O2. The van der Waals surface area contributed by atoms with Crippen LogP contribution in [0.4, 0.5) is 4.79 Å². The number of guanidine groups is 1. The second-order valence-electron chi connectivity index (χ2n) is 6.36. The molecule has 4 N–H and O–H groups in total. The molecule has 1 aliphatic heterocycles. The van der Waals surface area contributed by atoms with Crippen molar-refractivity contribution in [1.82, 2.24) is 15.5 Å². The van der Waals surface area contributed by atoms with E-state index in [0.717, 1.165) is 58.5 Å². The quantitative estimate of drug-likeness (QED) is 0.387. The maximum absolute atomic E-state index is 11.8. The van der Waals surface area contributed by atoms with E-state index < -0.39 is 0 Å². The van der Waals surface area contributed by atoms with Gasteiger partial charge >= 0.3 is 6.03 Å². The highest BCUT2D eigenvalue weighted by Crippen LogP contribution is 2.17. The lowest BCUT2D eigenvalue weighted by molar-refractivity contribution is 0.0373. The van der Waals surface area contributed by atoms with Gasteiger partial charge in [-0.15, -0.1) is 0 Å². The minimum Gasteiger partial charge on any atom is -0.379 e. The van der Waals surface area contributed by atoms with E-state index in [9.17, 15) is 4.79 Å². The SMILES string of the molecule is NC(=NCCCCN1CCOCC1)NC(=O)NC1CCCCC1. The predicted molar refractivity (Wildman–Crippen MR) is 91.5 cm³/mol. The van der Waals surface area contributed by atoms with Gasteiger partial charge in [-0.25, -0.2) is 4.79 Å². The first-order valence-corrected chi connectivity index (χ1v) is 8.91. The number of aliphatic imine (C=N–C) groups is 1. The zero-order valence-corrected chi connectivity index (χ0v) is 14.1. The molecule has 132 valence electrons. The molecule has 1 saturated heterocycles. The number of nitrogens with two attached hydrogens (primary N) is 1. The Morgan fingerprint density at radius 3 is 2.65 bits per heavy atom. The van der Waals surface area contributed by atoms with Crippen molar-refractivity contribution in [3.05, 3.63) is 0 Å². The average Bonchev–Trinajstić information content (AvgIpc) is 2.56. The van der Waals surface area contributed by atoms with Gasteiger partial charge in [0.05, 0.1) is 13.2 Å². The molecule has 0 aromatic heterocycles. The third-order valence-electron chi connectivity index (χ3n) is 4.45. The van der Waals surface area contributed by atoms with Crippen LogP contribution in [-0.2, 0) is 4.74 Å². The number of nitrogens with one attached hydrogen (secondary N) is 2. The van der Waals surface area contributed by atoms with Crippen molar-refractivity contribution in [2.75, 3.05) is 39.4 Å². The molecule has 2 amide bonds. The summed E-state index contributed by atoms with van der Waals surface area (Å²) in [5, 5.41) is 5.58. The van der Waals surface area contributed by atoms with Gasteiger partial charge in [0.25, 0.3) is 0 Å². The summed E-state index contributed by atoms with van der Waals surface area (Å²) in [5.41, 5.74) is 5.76. The Hall–Kier alpha value is -1.34. The summed E-state index contributed by atoms with van der Waals surface area (Å²) in [7, 11) is 0. The minimum atomic E-state index is -0.230. The number of morpholine rings is 1. The number of ether oxygens (including phenoxy) is 1. The normalized spacial score (nSPS) is 21.1. The molecule has 2 rings (SSSR count). The molecule has 23 heavy (non-hydrogen) atoms. The van der Waals surface area contributed by atoms with E-state index in [2.05, 4.69) is 20.5 Å². The monoisotopic (exact) mass is 325 g/mol. The van der Waals surface area contributed by atoms with Gasteiger partial charge in [-0.05, 0) is 32.2 Å². The van der Waals surface area contributed by atoms with Crippen molar-refractivity contribution in [1.29, 1.82) is 0 Å². The van der Waals surface area contributed by atoms with Gasteiger partial charge in [-0.1, -0.05) is 19.3 Å². The van der Waals surface area contributed by atoms with Crippen molar-refractivity contribution in [3.63, 3.8) is 0 Å². The Balaban J connectivity index is 1.52. The number of rotatable bonds is 6. The summed E-state index contributed by atoms with van der Waals surface area (Å²) >= 11 is 0. The van der Waals surface area contributed by atoms with Gasteiger partial charge < -0.3 is 15.8 Å². The Morgan fingerprint density at radius 2 is 1.91 bits per heavy atom. The molecule has 1 saturated carbocycles. The number of hydrogen-bond donors (Lipinski definition) is 3. The lowest BCUT2D eigenvalue weighted by atomic mass is 9.96. The first-order chi connectivity index (χ1) is 11.2. The number of carbonyl (C=O) groups excluding carboxylic acids is 1. The van der Waals surface area contributed by atoms with Crippen molar-refractivity contribution < 1.29 is 9.53 Å². The molecule has 0 aromatic carbocycles. The van der Waals surface area contributed by atoms with Crippen LogP contribution < -0.4 is 16.4 Å². The van der Waals surface area contributed by atoms with Crippen molar-refractivity contribution >= 4 is 12.0 Å². The predicted octanol–water partition coefficient (Wildman–Crippen LogP) is 1.05. The topological polar surface area (TPSA) is 92.0 Å². The first kappa shape index (κ1) is 18.0. The maximum Gasteiger partial charge on any atom is 0.321 e. The molecule has 2 aliphatic rings. The van der Waals surface area contributed by atoms with E-state index in [1.165, 1.54) is 19.3 Å². The van der Waals surface area contributed by atoms with Gasteiger partial charge in [0, 0.05) is 25.7 Å². The fourth-order valence-corrected chi connectivity index (χ4v) is 3.10. The maximum atomic E-state index is 11.8. The van der Waals surface area contributed by atoms with Crippen LogP contribution in [0.2, 0.25) is 0 Å². The highest BCUT2D eigenvalue weighted by atomic mass is 16.5. The molecule has 7 heteroatoms. The summed E-state index contributed by atoms with van der Waals surface area (Å²) in [6.07, 6.45) is 7.84. The second-order valence-corrected chi connectivity index (χ2v) is 6.36. The van der Waals surface area contributed by atoms with Crippen LogP contribution >= 0.6 is 0 Å². The molecule has 0 atom stereocenters. The van der Waals surface area contributed by atoms with Gasteiger partial charge in [-0.3, -0.25) is 15.2 Å². The second kappa shape index (κ2) is 10.4. The standard InChI is InChI=1S/C16H31N5O2/c17-15(20-16(22)19-14-6-2-1-3-7-14)18-8-4-5-9-21-10-12-23-13-11-21/h14H,1-13H2,(H4,17,18,19,20,22). The Bertz CT molecular complexity index is 377. The molecule has 7 nitrogen and oxygen atoms in total. The van der Waals surface area contributed by atoms with Crippen LogP contribution in [-0.4, -0.2) is 62.3 Å². The fourth-order valence-electron chi connectivity index (χ4n) is 3.10. The molecular weight excluding hydrogens is 294 g/mol. The molecule has 0 unspecified atom stereocenters. The van der Waals surface area contributed by atoms with Gasteiger partial charge in [0.2, 0.25) is 0 Å². The molecule has 0 bridgehead atoms. The van der Waals surface area contributed by atoms with Gasteiger partial charge in [0.1, 0.15) is 0 Å². The number of carbonyl (C=O) groups is 1. The highest BCUT2D eigenvalue weighted by molar-refractivity contribution is 5.95. The first-order valence-electron chi connectivity index (χ1n) is 8.91. The molecule has 0 radical (unpaired) electrons. The number of hydrogen-bond acceptors (Lipinski definition) is 4. The third kappa shape index (κ3) is 7.65. The molecule has 1 aliphatic carbocycles. The van der Waals surface area contributed by atoms with E-state index in [1.54, 1.807) is 0 Å². The lowest BCUT2D eigenvalue weighted by Gasteiger charge is -2.26. The van der Waals surface area contributed by atoms with Crippen molar-refractivity contribution in [2.45, 2.75) is 51.0 Å². The Labute approximate surface area is 139 Å². The summed E-state index contributed by atoms with van der Waals surface area (Å²) in [6, 6.07) is 0.0524. The molecule has 1 heterocycles. The van der Waals surface area contributed by atoms with E-state index >= 15 is 0 Å². The average molecular weight is 325 g/mol. The van der Waals surface area contributed by atoms with Crippen LogP contribution in [0.25, 0.3) is 0 Å². The van der Waals surface area contributed by atoms with Crippen molar-refractivity contribution in [2.24, 2.45) is 10.7 Å². The van der Waals surface area contributed by atoms with E-state index in [1.807, 2.05) is 0 Å². The third-order valence-corrected chi connectivity index (χ3v) is 4.45. The Morgan fingerprint density at radius 1 is 1.17 bits per heavy atom. The van der Waals surface area contributed by atoms with Crippen LogP contribution in [0.5, 0.6) is 0 Å². The highest BCUT2D eigenvalue weighted by Gasteiger charge is 2.15. The number of nitrogens with zero attached hydrogens (tertiary/aromatic N) is 2. The summed E-state index contributed by atoms with van der Waals surface area (Å²) in [6.45, 7) is 5.45. The van der Waals surface area contributed by atoms with Gasteiger partial charge in [-0.2, -0.15) is 0 Å². The van der Waals surface area contributed by atoms with E-state index in [0.29, 0.717) is 6.54 Å². The lowest BCUT2D eigenvalue weighted by Crippen LogP contribution is -2.47. The van der Waals surface area contributed by atoms with Gasteiger partial charge in [0.15, 0.2) is 5.96 Å². The van der Waals surface area contributed by atoms with Crippen LogP contribution in [0.1, 0.15) is 44.9 Å². The summed E-state index contributed by atoms with van der Waals surface area (Å²) < 4.78 is 5.32. The number of amides is 2. The fraction of sp³-hybridized carbons (Fsp3) is 0.875. The molecule has 2 fully saturated rings. The Kier molecular flexibility index (Phi) is 8.17. The van der Waals surface area contributed by atoms with E-state index in [4.69, 9.17) is 10.5 Å². The molecule has 0 aromatic rings. The summed E-state index contributed by atoms with van der Waals surface area (Å²) in [5.74, 6) is 0.213. The smallest absolute Gasteiger partial charge is 0.321 e. The zero-order chi connectivity index (χ0) is 16.3. The van der Waals surface area contributed by atoms with Crippen LogP contribution in [0.15, 0.2) is 4.99 Å². The summed E-state index contributed by atoms with van der Waals surface area (Å²) in [4.78, 5) is 18.4. The van der Waals surface area contributed by atoms with Crippen LogP contribution in [0.3, 0.4) is 0 Å². The minimum absolute atomic E-state index is 0.213.